The molecule has 1 aliphatic rings. The van der Waals surface area contributed by atoms with Gasteiger partial charge in [0.05, 0.1) is 12.7 Å². The fourth-order valence-corrected chi connectivity index (χ4v) is 1.47. The van der Waals surface area contributed by atoms with Crippen molar-refractivity contribution in [1.29, 1.82) is 0 Å². The van der Waals surface area contributed by atoms with Crippen LogP contribution in [0.2, 0.25) is 0 Å². The van der Waals surface area contributed by atoms with E-state index >= 15 is 0 Å². The van der Waals surface area contributed by atoms with E-state index < -0.39 is 5.79 Å². The molecule has 1 unspecified atom stereocenters. The first kappa shape index (κ1) is 10.7. The molecule has 0 radical (unpaired) electrons. The van der Waals surface area contributed by atoms with Crippen LogP contribution in [0.1, 0.15) is 40.0 Å². The van der Waals surface area contributed by atoms with Gasteiger partial charge >= 0.3 is 0 Å². The molecule has 0 amide bonds. The second kappa shape index (κ2) is 4.25. The molecule has 1 heterocycles. The van der Waals surface area contributed by atoms with Crippen LogP contribution in [0.3, 0.4) is 0 Å². The first-order chi connectivity index (χ1) is 6.05. The lowest BCUT2D eigenvalue weighted by molar-refractivity contribution is -0.252. The van der Waals surface area contributed by atoms with E-state index in [-0.39, 0.29) is 6.10 Å². The summed E-state index contributed by atoms with van der Waals surface area (Å²) in [6.07, 6.45) is 3.67. The summed E-state index contributed by atoms with van der Waals surface area (Å²) in [6, 6.07) is 0. The number of ether oxygens (including phenoxy) is 2. The van der Waals surface area contributed by atoms with Crippen LogP contribution in [0.5, 0.6) is 0 Å². The second-order valence-corrected chi connectivity index (χ2v) is 4.10. The van der Waals surface area contributed by atoms with Crippen molar-refractivity contribution in [2.24, 2.45) is 0 Å². The fraction of sp³-hybridized carbons (Fsp3) is 0.818. The van der Waals surface area contributed by atoms with E-state index in [1.807, 2.05) is 13.8 Å². The van der Waals surface area contributed by atoms with Crippen molar-refractivity contribution in [3.05, 3.63) is 12.2 Å². The van der Waals surface area contributed by atoms with Crippen molar-refractivity contribution < 1.29 is 9.47 Å². The van der Waals surface area contributed by atoms with Gasteiger partial charge in [-0.05, 0) is 25.8 Å². The molecule has 0 saturated carbocycles. The Balaban J connectivity index is 2.45. The Hall–Kier alpha value is -0.340. The van der Waals surface area contributed by atoms with Gasteiger partial charge in [0, 0.05) is 0 Å². The van der Waals surface area contributed by atoms with Crippen LogP contribution in [-0.4, -0.2) is 18.5 Å². The van der Waals surface area contributed by atoms with Crippen LogP contribution in [0, 0.1) is 0 Å². The Kier molecular flexibility index (Phi) is 3.51. The summed E-state index contributed by atoms with van der Waals surface area (Å²) in [7, 11) is 0. The molecule has 0 bridgehead atoms. The lowest BCUT2D eigenvalue weighted by Crippen LogP contribution is -2.41. The maximum atomic E-state index is 5.77. The predicted octanol–water partition coefficient (Wildman–Crippen LogP) is 2.88. The Morgan fingerprint density at radius 1 is 1.54 bits per heavy atom. The highest BCUT2D eigenvalue weighted by Gasteiger charge is 2.30. The molecular weight excluding hydrogens is 164 g/mol. The zero-order valence-corrected chi connectivity index (χ0v) is 8.93. The molecule has 76 valence electrons. The van der Waals surface area contributed by atoms with E-state index in [4.69, 9.17) is 9.47 Å². The van der Waals surface area contributed by atoms with E-state index in [1.54, 1.807) is 0 Å². The summed E-state index contributed by atoms with van der Waals surface area (Å²) in [4.78, 5) is 0. The van der Waals surface area contributed by atoms with Gasteiger partial charge in [0.2, 0.25) is 0 Å². The summed E-state index contributed by atoms with van der Waals surface area (Å²) in [5.41, 5.74) is 1.08. The molecule has 1 atom stereocenters. The van der Waals surface area contributed by atoms with E-state index in [9.17, 15) is 0 Å². The second-order valence-electron chi connectivity index (χ2n) is 4.10. The normalized spacial score (nSPS) is 27.6. The molecule has 1 saturated heterocycles. The van der Waals surface area contributed by atoms with Crippen LogP contribution in [0.25, 0.3) is 0 Å². The lowest BCUT2D eigenvalue weighted by Gasteiger charge is -2.37. The van der Waals surface area contributed by atoms with Crippen molar-refractivity contribution in [1.82, 2.24) is 0 Å². The van der Waals surface area contributed by atoms with Crippen LogP contribution >= 0.6 is 0 Å². The number of hydrogen-bond acceptors (Lipinski definition) is 2. The average molecular weight is 184 g/mol. The van der Waals surface area contributed by atoms with Gasteiger partial charge in [-0.2, -0.15) is 0 Å². The van der Waals surface area contributed by atoms with E-state index in [2.05, 4.69) is 13.5 Å². The molecule has 0 aromatic heterocycles. The van der Waals surface area contributed by atoms with Crippen molar-refractivity contribution in [2.75, 3.05) is 6.61 Å². The summed E-state index contributed by atoms with van der Waals surface area (Å²) in [5, 5.41) is 0. The van der Waals surface area contributed by atoms with Crippen molar-refractivity contribution in [3.63, 3.8) is 0 Å². The van der Waals surface area contributed by atoms with Gasteiger partial charge in [0.1, 0.15) is 0 Å². The van der Waals surface area contributed by atoms with Gasteiger partial charge in [-0.15, -0.1) is 0 Å². The zero-order chi connectivity index (χ0) is 9.90. The minimum Gasteiger partial charge on any atom is -0.346 e. The summed E-state index contributed by atoms with van der Waals surface area (Å²) >= 11 is 0. The van der Waals surface area contributed by atoms with Crippen molar-refractivity contribution >= 4 is 0 Å². The number of rotatable bonds is 3. The minimum absolute atomic E-state index is 0.198. The van der Waals surface area contributed by atoms with Crippen LogP contribution in [-0.2, 0) is 9.47 Å². The molecule has 2 nitrogen and oxygen atoms in total. The third kappa shape index (κ3) is 3.12. The quantitative estimate of drug-likeness (QED) is 0.628. The van der Waals surface area contributed by atoms with Gasteiger partial charge in [-0.1, -0.05) is 26.3 Å². The molecule has 0 aromatic carbocycles. The van der Waals surface area contributed by atoms with Crippen LogP contribution in [0.15, 0.2) is 12.2 Å². The standard InChI is InChI=1S/C11H20O2/c1-5-6-7-10-9(2)8-12-11(3,4)13-10/h10H,2,5-8H2,1,3-4H3. The lowest BCUT2D eigenvalue weighted by atomic mass is 10.0. The zero-order valence-electron chi connectivity index (χ0n) is 8.93. The smallest absolute Gasteiger partial charge is 0.163 e. The van der Waals surface area contributed by atoms with Crippen molar-refractivity contribution in [3.8, 4) is 0 Å². The Bertz CT molecular complexity index is 185. The maximum absolute atomic E-state index is 5.77. The highest BCUT2D eigenvalue weighted by atomic mass is 16.7. The molecule has 2 heteroatoms. The molecule has 1 fully saturated rings. The SMILES string of the molecule is C=C1COC(C)(C)OC1CCCC. The molecule has 0 N–H and O–H groups in total. The third-order valence-corrected chi connectivity index (χ3v) is 2.31. The largest absolute Gasteiger partial charge is 0.346 e. The topological polar surface area (TPSA) is 18.5 Å². The first-order valence-electron chi connectivity index (χ1n) is 5.04. The first-order valence-corrected chi connectivity index (χ1v) is 5.04. The third-order valence-electron chi connectivity index (χ3n) is 2.31. The highest BCUT2D eigenvalue weighted by Crippen LogP contribution is 2.27. The minimum atomic E-state index is -0.431. The Morgan fingerprint density at radius 2 is 2.23 bits per heavy atom. The maximum Gasteiger partial charge on any atom is 0.163 e. The van der Waals surface area contributed by atoms with Crippen LogP contribution < -0.4 is 0 Å². The van der Waals surface area contributed by atoms with E-state index in [0.717, 1.165) is 12.0 Å². The summed E-state index contributed by atoms with van der Waals surface area (Å²) in [6.45, 7) is 10.7. The molecular formula is C11H20O2. The van der Waals surface area contributed by atoms with Gasteiger partial charge in [0.25, 0.3) is 0 Å². The van der Waals surface area contributed by atoms with Gasteiger partial charge in [-0.3, -0.25) is 0 Å². The number of unbranched alkanes of at least 4 members (excludes halogenated alkanes) is 1. The fourth-order valence-electron chi connectivity index (χ4n) is 1.47. The van der Waals surface area contributed by atoms with Gasteiger partial charge < -0.3 is 9.47 Å². The molecule has 1 rings (SSSR count). The Labute approximate surface area is 80.9 Å². The van der Waals surface area contributed by atoms with Crippen LogP contribution in [0.4, 0.5) is 0 Å². The average Bonchev–Trinajstić information content (AvgIpc) is 2.07. The predicted molar refractivity (Wildman–Crippen MR) is 53.6 cm³/mol. The van der Waals surface area contributed by atoms with Gasteiger partial charge in [0.15, 0.2) is 5.79 Å². The summed E-state index contributed by atoms with van der Waals surface area (Å²) < 4.78 is 11.2. The molecule has 0 spiro atoms. The van der Waals surface area contributed by atoms with Crippen molar-refractivity contribution in [2.45, 2.75) is 51.9 Å². The molecule has 0 aromatic rings. The number of hydrogen-bond donors (Lipinski definition) is 0. The molecule has 0 aliphatic carbocycles. The summed E-state index contributed by atoms with van der Waals surface area (Å²) in [5.74, 6) is -0.431. The van der Waals surface area contributed by atoms with Gasteiger partial charge in [-0.25, -0.2) is 0 Å². The van der Waals surface area contributed by atoms with E-state index in [1.165, 1.54) is 12.8 Å². The molecule has 13 heavy (non-hydrogen) atoms. The molecule has 1 aliphatic heterocycles. The van der Waals surface area contributed by atoms with E-state index in [0.29, 0.717) is 6.61 Å². The highest BCUT2D eigenvalue weighted by molar-refractivity contribution is 5.05. The Morgan fingerprint density at radius 3 is 2.85 bits per heavy atom. The monoisotopic (exact) mass is 184 g/mol.